The monoisotopic (exact) mass is 209 g/mol. The number of nitriles is 1. The summed E-state index contributed by atoms with van der Waals surface area (Å²) in [6.07, 6.45) is 2.01. The zero-order valence-corrected chi connectivity index (χ0v) is 9.47. The molecule has 0 aromatic heterocycles. The number of carbonyl (C=O) groups excluding carboxylic acids is 1. The average molecular weight is 209 g/mol. The number of hydrogen-bond donors (Lipinski definition) is 2. The molecule has 0 unspecified atom stereocenters. The van der Waals surface area contributed by atoms with Crippen molar-refractivity contribution < 1.29 is 4.79 Å². The molecule has 1 rings (SSSR count). The van der Waals surface area contributed by atoms with E-state index >= 15 is 0 Å². The van der Waals surface area contributed by atoms with Crippen molar-refractivity contribution in [2.45, 2.75) is 26.7 Å². The third-order valence-electron chi connectivity index (χ3n) is 2.67. The number of carbonyl (C=O) groups is 1. The van der Waals surface area contributed by atoms with Crippen molar-refractivity contribution in [1.29, 1.82) is 5.26 Å². The number of nitrogens with one attached hydrogen (secondary N) is 2. The molecule has 0 aromatic carbocycles. The van der Waals surface area contributed by atoms with Crippen LogP contribution in [-0.2, 0) is 4.79 Å². The Morgan fingerprint density at radius 1 is 1.67 bits per heavy atom. The number of hydrogen-bond acceptors (Lipinski definition) is 3. The first-order chi connectivity index (χ1) is 7.05. The lowest BCUT2D eigenvalue weighted by Crippen LogP contribution is -2.43. The van der Waals surface area contributed by atoms with Crippen LogP contribution in [0.3, 0.4) is 0 Å². The first kappa shape index (κ1) is 12.0. The highest BCUT2D eigenvalue weighted by atomic mass is 16.1. The van der Waals surface area contributed by atoms with Crippen molar-refractivity contribution in [3.8, 4) is 6.07 Å². The summed E-state index contributed by atoms with van der Waals surface area (Å²) in [5.41, 5.74) is -0.474. The lowest BCUT2D eigenvalue weighted by molar-refractivity contribution is -0.125. The summed E-state index contributed by atoms with van der Waals surface area (Å²) in [7, 11) is 0. The Morgan fingerprint density at radius 2 is 2.40 bits per heavy atom. The van der Waals surface area contributed by atoms with Gasteiger partial charge in [0.15, 0.2) is 0 Å². The molecule has 84 valence electrons. The molecule has 4 heteroatoms. The average Bonchev–Trinajstić information content (AvgIpc) is 2.27. The first-order valence-electron chi connectivity index (χ1n) is 5.45. The van der Waals surface area contributed by atoms with Crippen molar-refractivity contribution in [2.75, 3.05) is 19.6 Å². The molecule has 2 N–H and O–H groups in total. The number of nitrogens with zero attached hydrogens (tertiary/aromatic N) is 1. The van der Waals surface area contributed by atoms with Gasteiger partial charge in [0.25, 0.3) is 0 Å². The third kappa shape index (κ3) is 3.88. The highest BCUT2D eigenvalue weighted by Gasteiger charge is 2.23. The topological polar surface area (TPSA) is 64.9 Å². The Hall–Kier alpha value is -1.08. The molecule has 4 nitrogen and oxygen atoms in total. The molecule has 1 heterocycles. The molecule has 0 aliphatic carbocycles. The summed E-state index contributed by atoms with van der Waals surface area (Å²) in [4.78, 5) is 11.7. The first-order valence-corrected chi connectivity index (χ1v) is 5.45. The molecule has 0 aromatic rings. The summed E-state index contributed by atoms with van der Waals surface area (Å²) in [6, 6.07) is 2.17. The maximum absolute atomic E-state index is 11.7. The van der Waals surface area contributed by atoms with Gasteiger partial charge >= 0.3 is 0 Å². The number of rotatable bonds is 3. The predicted molar refractivity (Wildman–Crippen MR) is 58.0 cm³/mol. The van der Waals surface area contributed by atoms with Gasteiger partial charge in [0.1, 0.15) is 0 Å². The van der Waals surface area contributed by atoms with Gasteiger partial charge in [-0.3, -0.25) is 4.79 Å². The van der Waals surface area contributed by atoms with Crippen LogP contribution in [0.1, 0.15) is 26.7 Å². The number of piperidine rings is 1. The fourth-order valence-corrected chi connectivity index (χ4v) is 1.57. The minimum absolute atomic E-state index is 0.0746. The van der Waals surface area contributed by atoms with Crippen molar-refractivity contribution in [3.63, 3.8) is 0 Å². The molecule has 1 saturated heterocycles. The summed E-state index contributed by atoms with van der Waals surface area (Å²) in [5.74, 6) is 0.152. The van der Waals surface area contributed by atoms with Gasteiger partial charge in [-0.05, 0) is 33.2 Å². The summed E-state index contributed by atoms with van der Waals surface area (Å²) in [5, 5.41) is 14.8. The van der Waals surface area contributed by atoms with E-state index in [1.54, 1.807) is 0 Å². The molecular formula is C11H19N3O. The van der Waals surface area contributed by atoms with Crippen LogP contribution in [0, 0.1) is 22.7 Å². The van der Waals surface area contributed by atoms with E-state index in [1.165, 1.54) is 0 Å². The Labute approximate surface area is 91.0 Å². The molecule has 0 spiro atoms. The molecule has 1 aliphatic heterocycles. The number of amides is 1. The maximum atomic E-state index is 11.7. The summed E-state index contributed by atoms with van der Waals surface area (Å²) >= 11 is 0. The van der Waals surface area contributed by atoms with Crippen LogP contribution in [0.4, 0.5) is 0 Å². The maximum Gasteiger partial charge on any atom is 0.224 e. The lowest BCUT2D eigenvalue weighted by atomic mass is 9.94. The van der Waals surface area contributed by atoms with Crippen LogP contribution in [0.5, 0.6) is 0 Å². The van der Waals surface area contributed by atoms with Gasteiger partial charge in [0, 0.05) is 13.1 Å². The lowest BCUT2D eigenvalue weighted by Gasteiger charge is -2.23. The minimum Gasteiger partial charge on any atom is -0.354 e. The van der Waals surface area contributed by atoms with Gasteiger partial charge in [-0.1, -0.05) is 0 Å². The minimum atomic E-state index is -0.474. The second-order valence-electron chi connectivity index (χ2n) is 4.76. The quantitative estimate of drug-likeness (QED) is 0.717. The van der Waals surface area contributed by atoms with Gasteiger partial charge in [-0.2, -0.15) is 5.26 Å². The van der Waals surface area contributed by atoms with Crippen LogP contribution < -0.4 is 10.6 Å². The van der Waals surface area contributed by atoms with E-state index in [4.69, 9.17) is 5.26 Å². The second kappa shape index (κ2) is 5.13. The van der Waals surface area contributed by atoms with Gasteiger partial charge in [0.2, 0.25) is 5.91 Å². The highest BCUT2D eigenvalue weighted by Crippen LogP contribution is 2.13. The molecule has 1 atom stereocenters. The Kier molecular flexibility index (Phi) is 4.10. The molecule has 1 amide bonds. The molecule has 1 aliphatic rings. The van der Waals surface area contributed by atoms with Crippen LogP contribution >= 0.6 is 0 Å². The van der Waals surface area contributed by atoms with E-state index in [-0.39, 0.29) is 11.8 Å². The Bertz CT molecular complexity index is 261. The van der Waals surface area contributed by atoms with Gasteiger partial charge in [-0.15, -0.1) is 0 Å². The van der Waals surface area contributed by atoms with Gasteiger partial charge < -0.3 is 10.6 Å². The molecule has 15 heavy (non-hydrogen) atoms. The third-order valence-corrected chi connectivity index (χ3v) is 2.67. The largest absolute Gasteiger partial charge is 0.354 e. The SMILES string of the molecule is CC(C)(C#N)CNC(=O)[C@H]1CCCNC1. The van der Waals surface area contributed by atoms with Crippen LogP contribution in [0.2, 0.25) is 0 Å². The molecule has 0 bridgehead atoms. The van der Waals surface area contributed by atoms with Crippen molar-refractivity contribution >= 4 is 5.91 Å². The fraction of sp³-hybridized carbons (Fsp3) is 0.818. The van der Waals surface area contributed by atoms with E-state index in [0.717, 1.165) is 25.9 Å². The van der Waals surface area contributed by atoms with Crippen molar-refractivity contribution in [3.05, 3.63) is 0 Å². The standard InChI is InChI=1S/C11H19N3O/c1-11(2,7-12)8-14-10(15)9-4-3-5-13-6-9/h9,13H,3-6,8H2,1-2H3,(H,14,15)/t9-/m0/s1. The van der Waals surface area contributed by atoms with Crippen LogP contribution in [-0.4, -0.2) is 25.5 Å². The molecule has 1 fully saturated rings. The van der Waals surface area contributed by atoms with Crippen LogP contribution in [0.25, 0.3) is 0 Å². The molecule has 0 radical (unpaired) electrons. The fourth-order valence-electron chi connectivity index (χ4n) is 1.57. The van der Waals surface area contributed by atoms with E-state index in [1.807, 2.05) is 13.8 Å². The molecular weight excluding hydrogens is 190 g/mol. The second-order valence-corrected chi connectivity index (χ2v) is 4.76. The Morgan fingerprint density at radius 3 is 2.93 bits per heavy atom. The van der Waals surface area contributed by atoms with Gasteiger partial charge in [-0.25, -0.2) is 0 Å². The van der Waals surface area contributed by atoms with Gasteiger partial charge in [0.05, 0.1) is 17.4 Å². The van der Waals surface area contributed by atoms with E-state index < -0.39 is 5.41 Å². The summed E-state index contributed by atoms with van der Waals surface area (Å²) < 4.78 is 0. The van der Waals surface area contributed by atoms with E-state index in [9.17, 15) is 4.79 Å². The Balaban J connectivity index is 2.32. The zero-order valence-electron chi connectivity index (χ0n) is 9.47. The zero-order chi connectivity index (χ0) is 11.3. The predicted octanol–water partition coefficient (Wildman–Crippen LogP) is 0.652. The smallest absolute Gasteiger partial charge is 0.224 e. The summed E-state index contributed by atoms with van der Waals surface area (Å²) in [6.45, 7) is 5.85. The van der Waals surface area contributed by atoms with E-state index in [2.05, 4.69) is 16.7 Å². The van der Waals surface area contributed by atoms with Crippen molar-refractivity contribution in [2.24, 2.45) is 11.3 Å². The normalized spacial score (nSPS) is 21.8. The molecule has 0 saturated carbocycles. The highest BCUT2D eigenvalue weighted by molar-refractivity contribution is 5.79. The van der Waals surface area contributed by atoms with E-state index in [0.29, 0.717) is 6.54 Å². The van der Waals surface area contributed by atoms with Crippen LogP contribution in [0.15, 0.2) is 0 Å². The van der Waals surface area contributed by atoms with Crippen molar-refractivity contribution in [1.82, 2.24) is 10.6 Å².